The van der Waals surface area contributed by atoms with E-state index < -0.39 is 0 Å². The average molecular weight is 322 g/mol. The first-order valence-electron chi connectivity index (χ1n) is 8.99. The van der Waals surface area contributed by atoms with E-state index in [2.05, 4.69) is 48.2 Å². The molecule has 0 radical (unpaired) electrons. The van der Waals surface area contributed by atoms with Crippen LogP contribution in [0.15, 0.2) is 27.8 Å². The molecule has 0 aliphatic rings. The van der Waals surface area contributed by atoms with E-state index in [4.69, 9.17) is 4.42 Å². The lowest BCUT2D eigenvalue weighted by molar-refractivity contribution is 0.292. The van der Waals surface area contributed by atoms with E-state index in [1.165, 1.54) is 13.0 Å². The van der Waals surface area contributed by atoms with Crippen molar-refractivity contribution in [2.75, 3.05) is 32.7 Å². The highest BCUT2D eigenvalue weighted by Gasteiger charge is 2.06. The molecule has 0 aromatic carbocycles. The Morgan fingerprint density at radius 2 is 2.09 bits per heavy atom. The van der Waals surface area contributed by atoms with E-state index in [0.717, 1.165) is 50.7 Å². The number of aliphatic imine (C=N–C) groups is 1. The van der Waals surface area contributed by atoms with Crippen molar-refractivity contribution in [3.63, 3.8) is 0 Å². The quantitative estimate of drug-likeness (QED) is 0.486. The maximum absolute atomic E-state index is 5.34. The molecule has 0 saturated heterocycles. The second kappa shape index (κ2) is 12.0. The summed E-state index contributed by atoms with van der Waals surface area (Å²) in [5, 5.41) is 6.81. The second-order valence-corrected chi connectivity index (χ2v) is 5.80. The summed E-state index contributed by atoms with van der Waals surface area (Å²) in [5.41, 5.74) is 0. The lowest BCUT2D eigenvalue weighted by Gasteiger charge is -2.21. The molecule has 132 valence electrons. The first kappa shape index (κ1) is 19.6. The van der Waals surface area contributed by atoms with Crippen LogP contribution >= 0.6 is 0 Å². The van der Waals surface area contributed by atoms with Gasteiger partial charge in [0.25, 0.3) is 0 Å². The van der Waals surface area contributed by atoms with Gasteiger partial charge in [-0.1, -0.05) is 13.8 Å². The van der Waals surface area contributed by atoms with Gasteiger partial charge in [-0.05, 0) is 58.5 Å². The number of rotatable bonds is 11. The number of furan rings is 1. The van der Waals surface area contributed by atoms with E-state index in [1.54, 1.807) is 6.26 Å². The molecule has 0 amide bonds. The average Bonchev–Trinajstić information content (AvgIpc) is 3.05. The summed E-state index contributed by atoms with van der Waals surface area (Å²) in [7, 11) is 0. The highest BCUT2D eigenvalue weighted by Crippen LogP contribution is 2.02. The summed E-state index contributed by atoms with van der Waals surface area (Å²) >= 11 is 0. The van der Waals surface area contributed by atoms with Gasteiger partial charge in [-0.25, -0.2) is 0 Å². The van der Waals surface area contributed by atoms with E-state index in [1.807, 2.05) is 12.1 Å². The van der Waals surface area contributed by atoms with Gasteiger partial charge in [0.1, 0.15) is 5.76 Å². The molecule has 0 fully saturated rings. The van der Waals surface area contributed by atoms with Gasteiger partial charge < -0.3 is 20.0 Å². The predicted molar refractivity (Wildman–Crippen MR) is 98.0 cm³/mol. The Balaban J connectivity index is 2.32. The van der Waals surface area contributed by atoms with Crippen molar-refractivity contribution in [3.8, 4) is 0 Å². The van der Waals surface area contributed by atoms with Crippen LogP contribution in [0.2, 0.25) is 0 Å². The van der Waals surface area contributed by atoms with Crippen LogP contribution in [-0.2, 0) is 6.42 Å². The van der Waals surface area contributed by atoms with Crippen molar-refractivity contribution in [2.24, 2.45) is 4.99 Å². The van der Waals surface area contributed by atoms with E-state index in [9.17, 15) is 0 Å². The van der Waals surface area contributed by atoms with Gasteiger partial charge in [0.15, 0.2) is 5.96 Å². The standard InChI is InChI=1S/C18H34N4O/c1-5-19-18(20-13-12-17-11-9-15-23-17)21-16(4)10-8-14-22(6-2)7-3/h9,11,15-16H,5-8,10,12-14H2,1-4H3,(H2,19,20,21). The molecule has 0 saturated carbocycles. The SMILES string of the molecule is CCNC(=NCCc1ccco1)NC(C)CCCN(CC)CC. The van der Waals surface area contributed by atoms with Gasteiger partial charge >= 0.3 is 0 Å². The fourth-order valence-electron chi connectivity index (χ4n) is 2.52. The lowest BCUT2D eigenvalue weighted by Crippen LogP contribution is -2.42. The van der Waals surface area contributed by atoms with Crippen LogP contribution in [0.5, 0.6) is 0 Å². The molecule has 23 heavy (non-hydrogen) atoms. The Morgan fingerprint density at radius 3 is 2.70 bits per heavy atom. The molecule has 2 N–H and O–H groups in total. The summed E-state index contributed by atoms with van der Waals surface area (Å²) in [4.78, 5) is 7.10. The van der Waals surface area contributed by atoms with Gasteiger partial charge in [-0.15, -0.1) is 0 Å². The first-order chi connectivity index (χ1) is 11.2. The van der Waals surface area contributed by atoms with Gasteiger partial charge in [0, 0.05) is 25.6 Å². The highest BCUT2D eigenvalue weighted by atomic mass is 16.3. The number of nitrogens with zero attached hydrogens (tertiary/aromatic N) is 2. The zero-order chi connectivity index (χ0) is 16.9. The van der Waals surface area contributed by atoms with Crippen LogP contribution in [0.25, 0.3) is 0 Å². The molecule has 1 heterocycles. The van der Waals surface area contributed by atoms with Crippen LogP contribution in [0.4, 0.5) is 0 Å². The molecule has 1 atom stereocenters. The summed E-state index contributed by atoms with van der Waals surface area (Å²) in [5.74, 6) is 1.88. The molecular formula is C18H34N4O. The highest BCUT2D eigenvalue weighted by molar-refractivity contribution is 5.80. The molecule has 1 aromatic rings. The summed E-state index contributed by atoms with van der Waals surface area (Å²) < 4.78 is 5.34. The maximum Gasteiger partial charge on any atom is 0.191 e. The topological polar surface area (TPSA) is 52.8 Å². The Labute approximate surface area is 141 Å². The normalized spacial score (nSPS) is 13.3. The Bertz CT molecular complexity index is 413. The Kier molecular flexibility index (Phi) is 10.2. The monoisotopic (exact) mass is 322 g/mol. The van der Waals surface area contributed by atoms with Gasteiger partial charge in [0.2, 0.25) is 0 Å². The van der Waals surface area contributed by atoms with Crippen LogP contribution in [0.1, 0.15) is 46.3 Å². The number of guanidine groups is 1. The third-order valence-corrected chi connectivity index (χ3v) is 3.94. The third kappa shape index (κ3) is 8.65. The van der Waals surface area contributed by atoms with Gasteiger partial charge in [0.05, 0.1) is 6.26 Å². The molecule has 5 heteroatoms. The van der Waals surface area contributed by atoms with Crippen LogP contribution in [0.3, 0.4) is 0 Å². The number of nitrogens with one attached hydrogen (secondary N) is 2. The smallest absolute Gasteiger partial charge is 0.191 e. The molecule has 1 aromatic heterocycles. The van der Waals surface area contributed by atoms with Crippen LogP contribution in [0, 0.1) is 0 Å². The van der Waals surface area contributed by atoms with Crippen molar-refractivity contribution >= 4 is 5.96 Å². The van der Waals surface area contributed by atoms with Gasteiger partial charge in [-0.3, -0.25) is 4.99 Å². The second-order valence-electron chi connectivity index (χ2n) is 5.80. The maximum atomic E-state index is 5.34. The molecule has 1 unspecified atom stereocenters. The molecule has 0 spiro atoms. The summed E-state index contributed by atoms with van der Waals surface area (Å²) in [6.45, 7) is 13.8. The van der Waals surface area contributed by atoms with Crippen LogP contribution in [-0.4, -0.2) is 49.6 Å². The number of hydrogen-bond donors (Lipinski definition) is 2. The van der Waals surface area contributed by atoms with E-state index >= 15 is 0 Å². The minimum atomic E-state index is 0.423. The predicted octanol–water partition coefficient (Wildman–Crippen LogP) is 2.89. The van der Waals surface area contributed by atoms with Gasteiger partial charge in [-0.2, -0.15) is 0 Å². The fraction of sp³-hybridized carbons (Fsp3) is 0.722. The number of hydrogen-bond acceptors (Lipinski definition) is 3. The summed E-state index contributed by atoms with van der Waals surface area (Å²) in [6, 6.07) is 4.33. The zero-order valence-corrected chi connectivity index (χ0v) is 15.3. The summed E-state index contributed by atoms with van der Waals surface area (Å²) in [6.07, 6.45) is 4.90. The van der Waals surface area contributed by atoms with Crippen LogP contribution < -0.4 is 10.6 Å². The molecule has 5 nitrogen and oxygen atoms in total. The third-order valence-electron chi connectivity index (χ3n) is 3.94. The largest absolute Gasteiger partial charge is 0.469 e. The molecule has 0 aliphatic carbocycles. The first-order valence-corrected chi connectivity index (χ1v) is 8.99. The molecule has 0 bridgehead atoms. The van der Waals surface area contributed by atoms with Crippen molar-refractivity contribution in [1.82, 2.24) is 15.5 Å². The minimum Gasteiger partial charge on any atom is -0.469 e. The molecule has 1 rings (SSSR count). The van der Waals surface area contributed by atoms with E-state index in [0.29, 0.717) is 6.04 Å². The molecular weight excluding hydrogens is 288 g/mol. The van der Waals surface area contributed by atoms with Crippen molar-refractivity contribution in [2.45, 2.75) is 53.0 Å². The molecule has 0 aliphatic heterocycles. The minimum absolute atomic E-state index is 0.423. The van der Waals surface area contributed by atoms with Crippen molar-refractivity contribution in [1.29, 1.82) is 0 Å². The lowest BCUT2D eigenvalue weighted by atomic mass is 10.2. The Hall–Kier alpha value is -1.49. The zero-order valence-electron chi connectivity index (χ0n) is 15.3. The fourth-order valence-corrected chi connectivity index (χ4v) is 2.52. The van der Waals surface area contributed by atoms with E-state index in [-0.39, 0.29) is 0 Å². The Morgan fingerprint density at radius 1 is 1.30 bits per heavy atom. The van der Waals surface area contributed by atoms with Crippen molar-refractivity contribution in [3.05, 3.63) is 24.2 Å². The van der Waals surface area contributed by atoms with Crippen molar-refractivity contribution < 1.29 is 4.42 Å².